The molecule has 8 nitrogen and oxygen atoms in total. The number of hydrogen-bond acceptors (Lipinski definition) is 4. The summed E-state index contributed by atoms with van der Waals surface area (Å²) in [7, 11) is -0.642. The molecule has 148 valence electrons. The maximum absolute atomic E-state index is 12.6. The van der Waals surface area contributed by atoms with Gasteiger partial charge in [0.1, 0.15) is 10.6 Å². The number of nitrogens with zero attached hydrogens (tertiary/aromatic N) is 3. The van der Waals surface area contributed by atoms with Crippen LogP contribution in [-0.2, 0) is 23.6 Å². The third-order valence-electron chi connectivity index (χ3n) is 4.66. The van der Waals surface area contributed by atoms with E-state index in [2.05, 4.69) is 15.1 Å². The number of carbonyl (C=O) groups is 1. The van der Waals surface area contributed by atoms with Crippen LogP contribution in [0, 0.1) is 13.8 Å². The minimum atomic E-state index is -3.61. The molecule has 0 aliphatic rings. The normalized spacial score (nSPS) is 11.6. The summed E-state index contributed by atoms with van der Waals surface area (Å²) in [5, 5.41) is 7.43. The fourth-order valence-electron chi connectivity index (χ4n) is 3.04. The van der Waals surface area contributed by atoms with E-state index in [0.29, 0.717) is 6.54 Å². The number of sulfonamides is 1. The molecule has 0 fully saturated rings. The van der Waals surface area contributed by atoms with Crippen LogP contribution in [0.1, 0.15) is 27.4 Å². The van der Waals surface area contributed by atoms with Gasteiger partial charge in [-0.15, -0.1) is 0 Å². The first kappa shape index (κ1) is 19.8. The molecule has 2 N–H and O–H groups in total. The highest BCUT2D eigenvalue weighted by molar-refractivity contribution is 7.89. The zero-order valence-electron chi connectivity index (χ0n) is 16.2. The average molecular weight is 401 g/mol. The number of hydrogen-bond donors (Lipinski definition) is 2. The molecule has 0 aliphatic carbocycles. The second-order valence-electron chi connectivity index (χ2n) is 6.46. The van der Waals surface area contributed by atoms with Crippen LogP contribution >= 0.6 is 0 Å². The average Bonchev–Trinajstić information content (AvgIpc) is 3.21. The Kier molecular flexibility index (Phi) is 5.39. The van der Waals surface area contributed by atoms with Crippen LogP contribution in [0.15, 0.2) is 47.5 Å². The first-order valence-electron chi connectivity index (χ1n) is 8.73. The zero-order chi connectivity index (χ0) is 20.5. The molecule has 0 atom stereocenters. The van der Waals surface area contributed by atoms with Gasteiger partial charge in [0.05, 0.1) is 11.4 Å². The number of amides is 1. The van der Waals surface area contributed by atoms with Crippen molar-refractivity contribution >= 4 is 15.9 Å². The lowest BCUT2D eigenvalue weighted by molar-refractivity contribution is 0.0942. The highest BCUT2D eigenvalue weighted by Crippen LogP contribution is 2.18. The molecule has 0 saturated heterocycles. The Hall–Kier alpha value is -2.91. The number of benzene rings is 1. The van der Waals surface area contributed by atoms with E-state index in [1.54, 1.807) is 7.05 Å². The summed E-state index contributed by atoms with van der Waals surface area (Å²) in [5.41, 5.74) is 3.90. The minimum absolute atomic E-state index is 0.0481. The fraction of sp³-hybridized carbons (Fsp3) is 0.263. The van der Waals surface area contributed by atoms with Crippen molar-refractivity contribution in [3.63, 3.8) is 0 Å². The van der Waals surface area contributed by atoms with Crippen molar-refractivity contribution in [3.8, 4) is 5.69 Å². The van der Waals surface area contributed by atoms with Crippen LogP contribution in [0.2, 0.25) is 0 Å². The van der Waals surface area contributed by atoms with Crippen LogP contribution in [0.4, 0.5) is 0 Å². The van der Waals surface area contributed by atoms with Gasteiger partial charge in [-0.3, -0.25) is 4.79 Å². The molecule has 28 heavy (non-hydrogen) atoms. The molecule has 0 spiro atoms. The summed E-state index contributed by atoms with van der Waals surface area (Å²) >= 11 is 0. The first-order chi connectivity index (χ1) is 13.2. The Morgan fingerprint density at radius 3 is 2.50 bits per heavy atom. The standard InChI is InChI=1S/C19H23N5O3S/c1-13-17(14(2)24(22-13)15-8-6-5-7-9-15)11-21-19(25)18-10-16(12-23(18)4)28(26,27)20-3/h5-10,12,20H,11H2,1-4H3,(H,21,25). The van der Waals surface area contributed by atoms with Gasteiger partial charge in [-0.1, -0.05) is 18.2 Å². The summed E-state index contributed by atoms with van der Waals surface area (Å²) < 4.78 is 29.4. The SMILES string of the molecule is CNS(=O)(=O)c1cc(C(=O)NCc2c(C)nn(-c3ccccc3)c2C)n(C)c1. The number of aromatic nitrogens is 3. The molecule has 1 amide bonds. The lowest BCUT2D eigenvalue weighted by Crippen LogP contribution is -2.25. The second kappa shape index (κ2) is 7.61. The van der Waals surface area contributed by atoms with Gasteiger partial charge < -0.3 is 9.88 Å². The monoisotopic (exact) mass is 401 g/mol. The molecule has 0 radical (unpaired) electrons. The predicted molar refractivity (Wildman–Crippen MR) is 106 cm³/mol. The number of aryl methyl sites for hydroxylation is 2. The van der Waals surface area contributed by atoms with E-state index in [0.717, 1.165) is 22.6 Å². The Morgan fingerprint density at radius 2 is 1.86 bits per heavy atom. The molecule has 3 rings (SSSR count). The minimum Gasteiger partial charge on any atom is -0.347 e. The van der Waals surface area contributed by atoms with Gasteiger partial charge in [0.25, 0.3) is 5.91 Å². The molecule has 9 heteroatoms. The van der Waals surface area contributed by atoms with Crippen molar-refractivity contribution in [3.05, 3.63) is 65.2 Å². The molecule has 0 aliphatic heterocycles. The number of carbonyl (C=O) groups excluding carboxylic acids is 1. The number of para-hydroxylation sites is 1. The van der Waals surface area contributed by atoms with Crippen molar-refractivity contribution in [2.75, 3.05) is 7.05 Å². The van der Waals surface area contributed by atoms with Gasteiger partial charge >= 0.3 is 0 Å². The quantitative estimate of drug-likeness (QED) is 0.656. The zero-order valence-corrected chi connectivity index (χ0v) is 17.0. The Labute approximate surface area is 164 Å². The molecule has 0 unspecified atom stereocenters. The van der Waals surface area contributed by atoms with E-state index < -0.39 is 10.0 Å². The van der Waals surface area contributed by atoms with E-state index in [4.69, 9.17) is 0 Å². The van der Waals surface area contributed by atoms with Crippen LogP contribution in [0.25, 0.3) is 5.69 Å². The summed E-state index contributed by atoms with van der Waals surface area (Å²) in [6.07, 6.45) is 1.41. The van der Waals surface area contributed by atoms with Crippen molar-refractivity contribution in [1.82, 2.24) is 24.4 Å². The molecule has 2 aromatic heterocycles. The molecule has 2 heterocycles. The van der Waals surface area contributed by atoms with E-state index in [9.17, 15) is 13.2 Å². The molecule has 1 aromatic carbocycles. The third kappa shape index (κ3) is 3.71. The van der Waals surface area contributed by atoms with Crippen molar-refractivity contribution in [1.29, 1.82) is 0 Å². The van der Waals surface area contributed by atoms with Gasteiger partial charge in [-0.2, -0.15) is 5.10 Å². The van der Waals surface area contributed by atoms with Gasteiger partial charge in [-0.05, 0) is 39.1 Å². The molecular formula is C19H23N5O3S. The van der Waals surface area contributed by atoms with E-state index in [1.165, 1.54) is 23.9 Å². The van der Waals surface area contributed by atoms with Gasteiger partial charge in [0.2, 0.25) is 10.0 Å². The summed E-state index contributed by atoms with van der Waals surface area (Å²) in [6.45, 7) is 4.14. The van der Waals surface area contributed by atoms with E-state index in [-0.39, 0.29) is 16.5 Å². The van der Waals surface area contributed by atoms with Crippen molar-refractivity contribution < 1.29 is 13.2 Å². The second-order valence-corrected chi connectivity index (χ2v) is 8.35. The largest absolute Gasteiger partial charge is 0.347 e. The van der Waals surface area contributed by atoms with Crippen molar-refractivity contribution in [2.24, 2.45) is 7.05 Å². The Balaban J connectivity index is 1.80. The third-order valence-corrected chi connectivity index (χ3v) is 6.04. The van der Waals surface area contributed by atoms with Crippen LogP contribution in [0.3, 0.4) is 0 Å². The predicted octanol–water partition coefficient (Wildman–Crippen LogP) is 1.67. The van der Waals surface area contributed by atoms with Crippen LogP contribution < -0.4 is 10.0 Å². The van der Waals surface area contributed by atoms with Gasteiger partial charge in [0, 0.05) is 31.0 Å². The summed E-state index contributed by atoms with van der Waals surface area (Å²) in [6, 6.07) is 11.1. The molecule has 0 saturated carbocycles. The van der Waals surface area contributed by atoms with Crippen LogP contribution in [0.5, 0.6) is 0 Å². The maximum atomic E-state index is 12.6. The maximum Gasteiger partial charge on any atom is 0.268 e. The smallest absolute Gasteiger partial charge is 0.268 e. The molecule has 3 aromatic rings. The van der Waals surface area contributed by atoms with Crippen LogP contribution in [-0.4, -0.2) is 35.7 Å². The van der Waals surface area contributed by atoms with Gasteiger partial charge in [-0.25, -0.2) is 17.8 Å². The number of nitrogens with one attached hydrogen (secondary N) is 2. The lowest BCUT2D eigenvalue weighted by Gasteiger charge is -2.07. The summed E-state index contributed by atoms with van der Waals surface area (Å²) in [4.78, 5) is 12.6. The first-order valence-corrected chi connectivity index (χ1v) is 10.2. The highest BCUT2D eigenvalue weighted by Gasteiger charge is 2.20. The Bertz CT molecular complexity index is 1110. The van der Waals surface area contributed by atoms with Gasteiger partial charge in [0.15, 0.2) is 0 Å². The topological polar surface area (TPSA) is 98.0 Å². The van der Waals surface area contributed by atoms with E-state index >= 15 is 0 Å². The van der Waals surface area contributed by atoms with Crippen molar-refractivity contribution in [2.45, 2.75) is 25.3 Å². The fourth-order valence-corrected chi connectivity index (χ4v) is 3.83. The molecule has 0 bridgehead atoms. The summed E-state index contributed by atoms with van der Waals surface area (Å²) in [5.74, 6) is -0.355. The Morgan fingerprint density at radius 1 is 1.18 bits per heavy atom. The lowest BCUT2D eigenvalue weighted by atomic mass is 10.2. The molecular weight excluding hydrogens is 378 g/mol. The highest BCUT2D eigenvalue weighted by atomic mass is 32.2. The van der Waals surface area contributed by atoms with E-state index in [1.807, 2.05) is 48.9 Å². The number of rotatable bonds is 6.